The molecule has 0 atom stereocenters. The first kappa shape index (κ1) is 30.4. The van der Waals surface area contributed by atoms with Crippen LogP contribution < -0.4 is 4.74 Å². The van der Waals surface area contributed by atoms with Gasteiger partial charge in [-0.05, 0) is 84.3 Å². The standard InChI is InChI=1S/C32H21F2IN2O4S3/c1-18-6-9-22(10-7-18)44(39,40)37-13-12-23-28(37)16-26(34)30(31(23)42-2)41-21-8-11-25(33)24(15-21)32-36-27(17-43-32)29(38)19-4-3-5-20(35)14-19/h3-17H,1-2H3. The maximum atomic E-state index is 15.7. The summed E-state index contributed by atoms with van der Waals surface area (Å²) in [6.45, 7) is 1.86. The number of halogens is 3. The molecule has 2 aromatic heterocycles. The third-order valence-corrected chi connectivity index (χ3v) is 10.9. The van der Waals surface area contributed by atoms with E-state index in [1.807, 2.05) is 13.0 Å². The van der Waals surface area contributed by atoms with Gasteiger partial charge in [0.2, 0.25) is 5.78 Å². The van der Waals surface area contributed by atoms with Crippen molar-refractivity contribution in [2.75, 3.05) is 6.26 Å². The Labute approximate surface area is 273 Å². The van der Waals surface area contributed by atoms with Gasteiger partial charge >= 0.3 is 0 Å². The summed E-state index contributed by atoms with van der Waals surface area (Å²) in [4.78, 5) is 17.8. The van der Waals surface area contributed by atoms with E-state index >= 15 is 4.39 Å². The molecule has 0 aliphatic rings. The zero-order chi connectivity index (χ0) is 31.2. The molecule has 0 bridgehead atoms. The third kappa shape index (κ3) is 5.67. The Morgan fingerprint density at radius 3 is 2.50 bits per heavy atom. The third-order valence-electron chi connectivity index (χ3n) is 6.81. The van der Waals surface area contributed by atoms with Gasteiger partial charge in [-0.15, -0.1) is 23.1 Å². The van der Waals surface area contributed by atoms with E-state index in [4.69, 9.17) is 4.74 Å². The second-order valence-corrected chi connectivity index (χ2v) is 14.4. The first-order chi connectivity index (χ1) is 21.1. The van der Waals surface area contributed by atoms with Crippen LogP contribution in [0, 0.1) is 22.1 Å². The lowest BCUT2D eigenvalue weighted by Crippen LogP contribution is -2.12. The monoisotopic (exact) mass is 758 g/mol. The summed E-state index contributed by atoms with van der Waals surface area (Å²) in [6, 6.07) is 20.2. The number of aryl methyl sites for hydroxylation is 1. The molecule has 4 aromatic carbocycles. The van der Waals surface area contributed by atoms with Gasteiger partial charge in [0.05, 0.1) is 15.3 Å². The largest absolute Gasteiger partial charge is 0.453 e. The van der Waals surface area contributed by atoms with Crippen molar-refractivity contribution < 1.29 is 26.7 Å². The summed E-state index contributed by atoms with van der Waals surface area (Å²) < 4.78 is 65.4. The zero-order valence-electron chi connectivity index (χ0n) is 23.0. The number of carbonyl (C=O) groups is 1. The quantitative estimate of drug-likeness (QED) is 0.0877. The minimum absolute atomic E-state index is 0.0800. The Bertz CT molecular complexity index is 2180. The van der Waals surface area contributed by atoms with Crippen molar-refractivity contribution in [1.82, 2.24) is 8.96 Å². The van der Waals surface area contributed by atoms with Gasteiger partial charge in [0.15, 0.2) is 11.6 Å². The number of benzene rings is 4. The number of hydrogen-bond donors (Lipinski definition) is 0. The maximum absolute atomic E-state index is 15.7. The molecule has 6 nitrogen and oxygen atoms in total. The van der Waals surface area contributed by atoms with Crippen molar-refractivity contribution in [3.8, 4) is 22.1 Å². The van der Waals surface area contributed by atoms with Crippen molar-refractivity contribution >= 4 is 72.4 Å². The molecule has 0 spiro atoms. The van der Waals surface area contributed by atoms with Crippen LogP contribution in [0.15, 0.2) is 100 Å². The molecule has 0 saturated heterocycles. The van der Waals surface area contributed by atoms with Crippen LogP contribution in [0.1, 0.15) is 21.6 Å². The Balaban J connectivity index is 1.35. The minimum atomic E-state index is -3.99. The van der Waals surface area contributed by atoms with Crippen LogP contribution in [0.25, 0.3) is 21.5 Å². The van der Waals surface area contributed by atoms with E-state index in [1.165, 1.54) is 48.3 Å². The number of aromatic nitrogens is 2. The van der Waals surface area contributed by atoms with Crippen LogP contribution in [-0.2, 0) is 10.0 Å². The summed E-state index contributed by atoms with van der Waals surface area (Å²) in [5.74, 6) is -1.63. The predicted molar refractivity (Wildman–Crippen MR) is 178 cm³/mol. The number of hydrogen-bond acceptors (Lipinski definition) is 7. The van der Waals surface area contributed by atoms with Crippen LogP contribution in [0.2, 0.25) is 0 Å². The molecular weight excluding hydrogens is 737 g/mol. The van der Waals surface area contributed by atoms with E-state index in [9.17, 15) is 17.6 Å². The number of ketones is 1. The lowest BCUT2D eigenvalue weighted by atomic mass is 10.1. The highest BCUT2D eigenvalue weighted by molar-refractivity contribution is 14.1. The average Bonchev–Trinajstić information content (AvgIpc) is 3.66. The van der Waals surface area contributed by atoms with E-state index in [-0.39, 0.29) is 44.0 Å². The topological polar surface area (TPSA) is 78.3 Å². The number of thioether (sulfide) groups is 1. The van der Waals surface area contributed by atoms with Gasteiger partial charge in [-0.2, -0.15) is 0 Å². The Morgan fingerprint density at radius 2 is 1.77 bits per heavy atom. The van der Waals surface area contributed by atoms with Crippen molar-refractivity contribution in [2.45, 2.75) is 16.7 Å². The smallest absolute Gasteiger partial charge is 0.268 e. The van der Waals surface area contributed by atoms with Crippen LogP contribution in [0.5, 0.6) is 11.5 Å². The van der Waals surface area contributed by atoms with Crippen molar-refractivity contribution in [1.29, 1.82) is 0 Å². The molecule has 6 aromatic rings. The highest BCUT2D eigenvalue weighted by Crippen LogP contribution is 2.42. The summed E-state index contributed by atoms with van der Waals surface area (Å²) in [7, 11) is -3.99. The zero-order valence-corrected chi connectivity index (χ0v) is 27.7. The summed E-state index contributed by atoms with van der Waals surface area (Å²) in [5, 5.41) is 2.31. The van der Waals surface area contributed by atoms with Gasteiger partial charge in [-0.1, -0.05) is 29.8 Å². The molecule has 0 fully saturated rings. The Morgan fingerprint density at radius 1 is 1.00 bits per heavy atom. The van der Waals surface area contributed by atoms with E-state index in [0.717, 1.165) is 30.5 Å². The Kier molecular flexibility index (Phi) is 8.35. The lowest BCUT2D eigenvalue weighted by molar-refractivity contribution is 0.103. The molecule has 0 aliphatic carbocycles. The molecule has 2 heterocycles. The van der Waals surface area contributed by atoms with Gasteiger partial charge in [-0.25, -0.2) is 26.2 Å². The summed E-state index contributed by atoms with van der Waals surface area (Å²) in [5.41, 5.74) is 1.82. The van der Waals surface area contributed by atoms with Gasteiger partial charge in [0.1, 0.15) is 22.3 Å². The second-order valence-electron chi connectivity index (χ2n) is 9.70. The van der Waals surface area contributed by atoms with Crippen molar-refractivity contribution in [3.05, 3.63) is 122 Å². The number of fused-ring (bicyclic) bond motifs is 1. The van der Waals surface area contributed by atoms with Crippen molar-refractivity contribution in [2.24, 2.45) is 0 Å². The first-order valence-electron chi connectivity index (χ1n) is 13.0. The highest BCUT2D eigenvalue weighted by Gasteiger charge is 2.24. The fourth-order valence-corrected chi connectivity index (χ4v) is 8.05. The van der Waals surface area contributed by atoms with E-state index in [1.54, 1.807) is 48.0 Å². The van der Waals surface area contributed by atoms with Crippen LogP contribution in [0.4, 0.5) is 8.78 Å². The minimum Gasteiger partial charge on any atom is -0.453 e. The van der Waals surface area contributed by atoms with Crippen LogP contribution in [-0.4, -0.2) is 29.4 Å². The lowest BCUT2D eigenvalue weighted by Gasteiger charge is -2.14. The molecule has 6 rings (SSSR count). The number of nitrogens with zero attached hydrogens (tertiary/aromatic N) is 2. The van der Waals surface area contributed by atoms with E-state index in [0.29, 0.717) is 15.8 Å². The van der Waals surface area contributed by atoms with E-state index < -0.39 is 21.7 Å². The molecule has 222 valence electrons. The van der Waals surface area contributed by atoms with Crippen LogP contribution >= 0.6 is 45.7 Å². The molecular formula is C32H21F2IN2O4S3. The number of thiazole rings is 1. The normalized spacial score (nSPS) is 11.7. The molecule has 44 heavy (non-hydrogen) atoms. The first-order valence-corrected chi connectivity index (χ1v) is 17.6. The van der Waals surface area contributed by atoms with Gasteiger partial charge < -0.3 is 4.74 Å². The average molecular weight is 759 g/mol. The van der Waals surface area contributed by atoms with Gasteiger partial charge in [0.25, 0.3) is 10.0 Å². The SMILES string of the molecule is CSc1c(Oc2ccc(F)c(-c3nc(C(=O)c4cccc(I)c4)cs3)c2)c(F)cc2c1ccn2S(=O)(=O)c1ccc(C)cc1. The molecule has 12 heteroatoms. The van der Waals surface area contributed by atoms with Crippen LogP contribution in [0.3, 0.4) is 0 Å². The molecule has 0 aliphatic heterocycles. The number of ether oxygens (including phenoxy) is 1. The summed E-state index contributed by atoms with van der Waals surface area (Å²) in [6.07, 6.45) is 3.11. The fourth-order valence-electron chi connectivity index (χ4n) is 4.64. The Hall–Kier alpha value is -3.59. The predicted octanol–water partition coefficient (Wildman–Crippen LogP) is 8.94. The molecule has 0 unspecified atom stereocenters. The molecule has 0 radical (unpaired) electrons. The van der Waals surface area contributed by atoms with E-state index in [2.05, 4.69) is 27.6 Å². The molecule has 0 amide bonds. The van der Waals surface area contributed by atoms with Gasteiger partial charge in [-0.3, -0.25) is 4.79 Å². The fraction of sp³-hybridized carbons (Fsp3) is 0.0625. The second kappa shape index (κ2) is 12.1. The molecule has 0 saturated carbocycles. The number of rotatable bonds is 8. The summed E-state index contributed by atoms with van der Waals surface area (Å²) >= 11 is 4.42. The van der Waals surface area contributed by atoms with Crippen molar-refractivity contribution in [3.63, 3.8) is 0 Å². The van der Waals surface area contributed by atoms with Gasteiger partial charge in [0, 0.05) is 37.7 Å². The maximum Gasteiger partial charge on any atom is 0.268 e. The highest BCUT2D eigenvalue weighted by atomic mass is 127. The molecule has 0 N–H and O–H groups in total. The number of carbonyl (C=O) groups excluding carboxylic acids is 1.